The van der Waals surface area contributed by atoms with Crippen LogP contribution in [0, 0.1) is 0 Å². The van der Waals surface area contributed by atoms with Gasteiger partial charge in [-0.15, -0.1) is 0 Å². The predicted octanol–water partition coefficient (Wildman–Crippen LogP) is 2.64. The third-order valence-corrected chi connectivity index (χ3v) is 2.40. The number of primary amides is 1. The van der Waals surface area contributed by atoms with Gasteiger partial charge in [-0.05, 0) is 26.0 Å². The fourth-order valence-corrected chi connectivity index (χ4v) is 1.20. The number of amides is 1. The largest absolute Gasteiger partial charge is 0.476 e. The smallest absolute Gasteiger partial charge is 0.261 e. The van der Waals surface area contributed by atoms with Crippen LogP contribution >= 0.6 is 23.2 Å². The first-order chi connectivity index (χ1) is 6.83. The summed E-state index contributed by atoms with van der Waals surface area (Å²) in [5.41, 5.74) is 4.05. The molecule has 3 nitrogen and oxygen atoms in total. The summed E-state index contributed by atoms with van der Waals surface area (Å²) in [6.07, 6.45) is 0. The molecule has 0 radical (unpaired) electrons. The van der Waals surface area contributed by atoms with Gasteiger partial charge in [-0.1, -0.05) is 23.2 Å². The van der Waals surface area contributed by atoms with Crippen LogP contribution in [0.15, 0.2) is 18.2 Å². The van der Waals surface area contributed by atoms with Crippen LogP contribution in [0.3, 0.4) is 0 Å². The minimum Gasteiger partial charge on any atom is -0.476 e. The Morgan fingerprint density at radius 3 is 2.53 bits per heavy atom. The van der Waals surface area contributed by atoms with Crippen molar-refractivity contribution in [2.45, 2.75) is 19.4 Å². The number of carbonyl (C=O) groups is 1. The van der Waals surface area contributed by atoms with E-state index in [2.05, 4.69) is 0 Å². The first-order valence-corrected chi connectivity index (χ1v) is 5.02. The van der Waals surface area contributed by atoms with Crippen LogP contribution in [-0.2, 0) is 4.79 Å². The van der Waals surface area contributed by atoms with Crippen molar-refractivity contribution in [3.8, 4) is 5.75 Å². The highest BCUT2D eigenvalue weighted by Crippen LogP contribution is 2.30. The van der Waals surface area contributed by atoms with Crippen LogP contribution in [0.4, 0.5) is 0 Å². The number of hydrogen-bond acceptors (Lipinski definition) is 2. The number of ether oxygens (including phenoxy) is 1. The summed E-state index contributed by atoms with van der Waals surface area (Å²) in [5, 5.41) is 0.864. The Morgan fingerprint density at radius 1 is 1.40 bits per heavy atom. The van der Waals surface area contributed by atoms with Gasteiger partial charge in [0.15, 0.2) is 5.60 Å². The maximum atomic E-state index is 11.0. The second-order valence-corrected chi connectivity index (χ2v) is 4.40. The number of rotatable bonds is 3. The van der Waals surface area contributed by atoms with Gasteiger partial charge in [0.05, 0.1) is 5.02 Å². The molecule has 5 heteroatoms. The molecule has 1 aromatic rings. The maximum absolute atomic E-state index is 11.0. The summed E-state index contributed by atoms with van der Waals surface area (Å²) in [6.45, 7) is 3.12. The minimum absolute atomic E-state index is 0.341. The van der Waals surface area contributed by atoms with E-state index in [0.29, 0.717) is 15.8 Å². The minimum atomic E-state index is -1.12. The lowest BCUT2D eigenvalue weighted by molar-refractivity contribution is -0.130. The average Bonchev–Trinajstić information content (AvgIpc) is 2.10. The van der Waals surface area contributed by atoms with Gasteiger partial charge >= 0.3 is 0 Å². The van der Waals surface area contributed by atoms with Crippen molar-refractivity contribution in [2.75, 3.05) is 0 Å². The molecule has 1 amide bonds. The van der Waals surface area contributed by atoms with Crippen molar-refractivity contribution in [3.63, 3.8) is 0 Å². The average molecular weight is 248 g/mol. The fourth-order valence-electron chi connectivity index (χ4n) is 0.881. The first-order valence-electron chi connectivity index (χ1n) is 4.27. The zero-order chi connectivity index (χ0) is 11.6. The molecule has 0 aliphatic carbocycles. The standard InChI is InChI=1S/C10H11Cl2NO2/c1-10(2,9(13)14)15-8-5-6(11)3-4-7(8)12/h3-5H,1-2H3,(H2,13,14). The highest BCUT2D eigenvalue weighted by atomic mass is 35.5. The molecule has 2 N–H and O–H groups in total. The third-order valence-electron chi connectivity index (χ3n) is 1.85. The number of hydrogen-bond donors (Lipinski definition) is 1. The molecule has 15 heavy (non-hydrogen) atoms. The first kappa shape index (κ1) is 12.1. The van der Waals surface area contributed by atoms with Crippen LogP contribution in [0.2, 0.25) is 10.0 Å². The highest BCUT2D eigenvalue weighted by molar-refractivity contribution is 6.34. The Bertz CT molecular complexity index is 391. The lowest BCUT2D eigenvalue weighted by atomic mass is 10.1. The van der Waals surface area contributed by atoms with Gasteiger partial charge in [-0.2, -0.15) is 0 Å². The van der Waals surface area contributed by atoms with E-state index in [1.54, 1.807) is 26.0 Å². The van der Waals surface area contributed by atoms with Gasteiger partial charge in [0.1, 0.15) is 5.75 Å². The molecule has 0 unspecified atom stereocenters. The maximum Gasteiger partial charge on any atom is 0.261 e. The predicted molar refractivity (Wildman–Crippen MR) is 60.4 cm³/mol. The van der Waals surface area contributed by atoms with E-state index < -0.39 is 11.5 Å². The van der Waals surface area contributed by atoms with E-state index in [1.807, 2.05) is 0 Å². The van der Waals surface area contributed by atoms with Crippen molar-refractivity contribution < 1.29 is 9.53 Å². The number of nitrogens with two attached hydrogens (primary N) is 1. The molecule has 0 spiro atoms. The van der Waals surface area contributed by atoms with Crippen molar-refractivity contribution >= 4 is 29.1 Å². The monoisotopic (exact) mass is 247 g/mol. The van der Waals surface area contributed by atoms with Crippen LogP contribution in [-0.4, -0.2) is 11.5 Å². The lowest BCUT2D eigenvalue weighted by Crippen LogP contribution is -2.43. The van der Waals surface area contributed by atoms with Crippen molar-refractivity contribution in [1.29, 1.82) is 0 Å². The zero-order valence-electron chi connectivity index (χ0n) is 8.38. The highest BCUT2D eigenvalue weighted by Gasteiger charge is 2.27. The molecule has 0 aliphatic heterocycles. The Balaban J connectivity index is 2.99. The van der Waals surface area contributed by atoms with Crippen LogP contribution in [0.1, 0.15) is 13.8 Å². The van der Waals surface area contributed by atoms with E-state index in [4.69, 9.17) is 33.7 Å². The number of halogens is 2. The van der Waals surface area contributed by atoms with Crippen molar-refractivity contribution in [1.82, 2.24) is 0 Å². The quantitative estimate of drug-likeness (QED) is 0.893. The molecule has 0 saturated carbocycles. The van der Waals surface area contributed by atoms with E-state index in [0.717, 1.165) is 0 Å². The van der Waals surface area contributed by atoms with E-state index in [-0.39, 0.29) is 0 Å². The molecule has 0 bridgehead atoms. The normalized spacial score (nSPS) is 11.2. The second-order valence-electron chi connectivity index (χ2n) is 3.55. The molecule has 1 aromatic carbocycles. The van der Waals surface area contributed by atoms with E-state index in [9.17, 15) is 4.79 Å². The fraction of sp³-hybridized carbons (Fsp3) is 0.300. The number of carbonyl (C=O) groups excluding carboxylic acids is 1. The third kappa shape index (κ3) is 3.01. The summed E-state index contributed by atoms with van der Waals surface area (Å²) in [5.74, 6) is -0.230. The van der Waals surface area contributed by atoms with Crippen LogP contribution in [0.5, 0.6) is 5.75 Å². The molecule has 0 saturated heterocycles. The summed E-state index contributed by atoms with van der Waals surface area (Å²) in [6, 6.07) is 4.76. The van der Waals surface area contributed by atoms with Gasteiger partial charge in [-0.25, -0.2) is 0 Å². The SMILES string of the molecule is CC(C)(Oc1cc(Cl)ccc1Cl)C(N)=O. The molecule has 0 fully saturated rings. The summed E-state index contributed by atoms with van der Waals surface area (Å²) in [4.78, 5) is 11.0. The molecule has 82 valence electrons. The summed E-state index contributed by atoms with van der Waals surface area (Å²) in [7, 11) is 0. The topological polar surface area (TPSA) is 52.3 Å². The van der Waals surface area contributed by atoms with Gasteiger partial charge in [-0.3, -0.25) is 4.79 Å². The zero-order valence-corrected chi connectivity index (χ0v) is 9.89. The van der Waals surface area contributed by atoms with Gasteiger partial charge in [0.2, 0.25) is 0 Å². The van der Waals surface area contributed by atoms with Crippen molar-refractivity contribution in [2.24, 2.45) is 5.73 Å². The Kier molecular flexibility index (Phi) is 3.47. The molecular formula is C10H11Cl2NO2. The van der Waals surface area contributed by atoms with E-state index in [1.165, 1.54) is 6.07 Å². The van der Waals surface area contributed by atoms with Crippen LogP contribution in [0.25, 0.3) is 0 Å². The molecular weight excluding hydrogens is 237 g/mol. The lowest BCUT2D eigenvalue weighted by Gasteiger charge is -2.23. The van der Waals surface area contributed by atoms with E-state index >= 15 is 0 Å². The Morgan fingerprint density at radius 2 is 2.00 bits per heavy atom. The van der Waals surface area contributed by atoms with Gasteiger partial charge < -0.3 is 10.5 Å². The summed E-state index contributed by atoms with van der Waals surface area (Å²) < 4.78 is 5.38. The second kappa shape index (κ2) is 4.29. The molecule has 0 aromatic heterocycles. The molecule has 0 atom stereocenters. The Labute approximate surface area is 98.1 Å². The molecule has 0 heterocycles. The molecule has 1 rings (SSSR count). The number of benzene rings is 1. The van der Waals surface area contributed by atoms with Gasteiger partial charge in [0, 0.05) is 11.1 Å². The summed E-state index contributed by atoms with van der Waals surface area (Å²) >= 11 is 11.6. The van der Waals surface area contributed by atoms with Crippen LogP contribution < -0.4 is 10.5 Å². The molecule has 0 aliphatic rings. The van der Waals surface area contributed by atoms with Gasteiger partial charge in [0.25, 0.3) is 5.91 Å². The Hall–Kier alpha value is -0.930. The van der Waals surface area contributed by atoms with Crippen molar-refractivity contribution in [3.05, 3.63) is 28.2 Å².